The maximum atomic E-state index is 11.3. The first-order valence-electron chi connectivity index (χ1n) is 4.70. The molecule has 1 rings (SSSR count). The van der Waals surface area contributed by atoms with Crippen LogP contribution in [-0.2, 0) is 6.54 Å². The molecule has 0 spiro atoms. The number of nitrogens with zero attached hydrogens (tertiary/aromatic N) is 2. The maximum Gasteiger partial charge on any atom is 0.266 e. The highest BCUT2D eigenvalue weighted by Crippen LogP contribution is 1.97. The van der Waals surface area contributed by atoms with E-state index < -0.39 is 0 Å². The van der Waals surface area contributed by atoms with Gasteiger partial charge in [0.15, 0.2) is 0 Å². The van der Waals surface area contributed by atoms with Crippen molar-refractivity contribution in [3.05, 3.63) is 29.2 Å². The zero-order valence-corrected chi connectivity index (χ0v) is 8.07. The molecule has 0 aliphatic carbocycles. The van der Waals surface area contributed by atoms with Gasteiger partial charge in [0.1, 0.15) is 0 Å². The van der Waals surface area contributed by atoms with Crippen LogP contribution >= 0.6 is 0 Å². The van der Waals surface area contributed by atoms with Gasteiger partial charge in [-0.05, 0) is 6.42 Å². The minimum Gasteiger partial charge on any atom is -0.268 e. The SMILES string of the molecule is C=Cn1ccc(=O)n1CCCCC. The van der Waals surface area contributed by atoms with E-state index >= 15 is 0 Å². The van der Waals surface area contributed by atoms with Crippen molar-refractivity contribution in [3.8, 4) is 0 Å². The predicted octanol–water partition coefficient (Wildman–Crippen LogP) is 1.94. The van der Waals surface area contributed by atoms with E-state index in [2.05, 4.69) is 13.5 Å². The summed E-state index contributed by atoms with van der Waals surface area (Å²) in [5.74, 6) is 0. The van der Waals surface area contributed by atoms with Crippen LogP contribution in [0.2, 0.25) is 0 Å². The summed E-state index contributed by atoms with van der Waals surface area (Å²) >= 11 is 0. The molecule has 0 bridgehead atoms. The van der Waals surface area contributed by atoms with Crippen molar-refractivity contribution in [1.82, 2.24) is 9.36 Å². The molecule has 0 fully saturated rings. The number of hydrogen-bond donors (Lipinski definition) is 0. The van der Waals surface area contributed by atoms with Crippen molar-refractivity contribution in [1.29, 1.82) is 0 Å². The Hall–Kier alpha value is -1.25. The largest absolute Gasteiger partial charge is 0.268 e. The molecule has 1 heterocycles. The van der Waals surface area contributed by atoms with E-state index in [1.807, 2.05) is 0 Å². The average Bonchev–Trinajstić information content (AvgIpc) is 2.48. The first-order valence-corrected chi connectivity index (χ1v) is 4.70. The van der Waals surface area contributed by atoms with Crippen LogP contribution in [0.5, 0.6) is 0 Å². The Labute approximate surface area is 78.3 Å². The third-order valence-electron chi connectivity index (χ3n) is 2.06. The van der Waals surface area contributed by atoms with Crippen molar-refractivity contribution in [3.63, 3.8) is 0 Å². The lowest BCUT2D eigenvalue weighted by Crippen LogP contribution is -2.20. The summed E-state index contributed by atoms with van der Waals surface area (Å²) in [5.41, 5.74) is 0.0519. The lowest BCUT2D eigenvalue weighted by atomic mass is 10.2. The molecule has 3 heteroatoms. The van der Waals surface area contributed by atoms with Crippen LogP contribution in [0.3, 0.4) is 0 Å². The normalized spacial score (nSPS) is 10.2. The summed E-state index contributed by atoms with van der Waals surface area (Å²) in [5, 5.41) is 0. The summed E-state index contributed by atoms with van der Waals surface area (Å²) < 4.78 is 3.43. The highest BCUT2D eigenvalue weighted by molar-refractivity contribution is 5.13. The van der Waals surface area contributed by atoms with Gasteiger partial charge in [0.05, 0.1) is 0 Å². The van der Waals surface area contributed by atoms with E-state index in [1.165, 1.54) is 6.42 Å². The van der Waals surface area contributed by atoms with Crippen LogP contribution in [0.15, 0.2) is 23.6 Å². The Balaban J connectivity index is 2.68. The van der Waals surface area contributed by atoms with Gasteiger partial charge in [0.2, 0.25) is 0 Å². The quantitative estimate of drug-likeness (QED) is 0.636. The summed E-state index contributed by atoms with van der Waals surface area (Å²) in [6, 6.07) is 1.56. The van der Waals surface area contributed by atoms with Gasteiger partial charge >= 0.3 is 0 Å². The minimum absolute atomic E-state index is 0.0519. The molecule has 0 N–H and O–H groups in total. The van der Waals surface area contributed by atoms with E-state index in [1.54, 1.807) is 27.8 Å². The van der Waals surface area contributed by atoms with Gasteiger partial charge in [-0.2, -0.15) is 0 Å². The highest BCUT2D eigenvalue weighted by Gasteiger charge is 1.98. The Morgan fingerprint density at radius 2 is 2.31 bits per heavy atom. The molecule has 3 nitrogen and oxygen atoms in total. The Bertz CT molecular complexity index is 322. The molecule has 1 aromatic heterocycles. The van der Waals surface area contributed by atoms with E-state index in [0.717, 1.165) is 19.4 Å². The number of rotatable bonds is 5. The molecule has 0 saturated heterocycles. The monoisotopic (exact) mass is 180 g/mol. The van der Waals surface area contributed by atoms with Gasteiger partial charge in [-0.25, -0.2) is 4.68 Å². The molecule has 0 atom stereocenters. The first kappa shape index (κ1) is 9.84. The van der Waals surface area contributed by atoms with E-state index in [9.17, 15) is 4.79 Å². The van der Waals surface area contributed by atoms with E-state index in [4.69, 9.17) is 0 Å². The lowest BCUT2D eigenvalue weighted by molar-refractivity contribution is 0.509. The van der Waals surface area contributed by atoms with Crippen molar-refractivity contribution in [2.75, 3.05) is 0 Å². The van der Waals surface area contributed by atoms with E-state index in [0.29, 0.717) is 0 Å². The average molecular weight is 180 g/mol. The van der Waals surface area contributed by atoms with Crippen molar-refractivity contribution in [2.45, 2.75) is 32.7 Å². The molecule has 1 aromatic rings. The van der Waals surface area contributed by atoms with Crippen LogP contribution in [-0.4, -0.2) is 9.36 Å². The Kier molecular flexibility index (Phi) is 3.55. The van der Waals surface area contributed by atoms with Crippen LogP contribution in [0, 0.1) is 0 Å². The molecule has 0 unspecified atom stereocenters. The molecule has 0 aliphatic heterocycles. The van der Waals surface area contributed by atoms with Gasteiger partial charge in [-0.15, -0.1) is 0 Å². The minimum atomic E-state index is 0.0519. The summed E-state index contributed by atoms with van der Waals surface area (Å²) in [7, 11) is 0. The van der Waals surface area contributed by atoms with Crippen molar-refractivity contribution in [2.24, 2.45) is 0 Å². The summed E-state index contributed by atoms with van der Waals surface area (Å²) in [6.07, 6.45) is 6.77. The van der Waals surface area contributed by atoms with Crippen LogP contribution in [0.25, 0.3) is 6.20 Å². The molecule has 0 radical (unpaired) electrons. The summed E-state index contributed by atoms with van der Waals surface area (Å²) in [4.78, 5) is 11.3. The van der Waals surface area contributed by atoms with Crippen LogP contribution in [0.4, 0.5) is 0 Å². The molecular weight excluding hydrogens is 164 g/mol. The zero-order chi connectivity index (χ0) is 9.68. The third kappa shape index (κ3) is 2.34. The fourth-order valence-electron chi connectivity index (χ4n) is 1.32. The summed E-state index contributed by atoms with van der Waals surface area (Å²) in [6.45, 7) is 6.57. The topological polar surface area (TPSA) is 26.9 Å². The smallest absolute Gasteiger partial charge is 0.266 e. The van der Waals surface area contributed by atoms with Crippen LogP contribution < -0.4 is 5.56 Å². The molecule has 13 heavy (non-hydrogen) atoms. The zero-order valence-electron chi connectivity index (χ0n) is 8.07. The second-order valence-electron chi connectivity index (χ2n) is 3.05. The predicted molar refractivity (Wildman–Crippen MR) is 54.6 cm³/mol. The maximum absolute atomic E-state index is 11.3. The van der Waals surface area contributed by atoms with Gasteiger partial charge < -0.3 is 0 Å². The van der Waals surface area contributed by atoms with Crippen LogP contribution in [0.1, 0.15) is 26.2 Å². The van der Waals surface area contributed by atoms with Crippen molar-refractivity contribution < 1.29 is 0 Å². The van der Waals surface area contributed by atoms with Gasteiger partial charge in [0.25, 0.3) is 5.56 Å². The third-order valence-corrected chi connectivity index (χ3v) is 2.06. The molecule has 0 aromatic carbocycles. The first-order chi connectivity index (χ1) is 6.29. The fraction of sp³-hybridized carbons (Fsp3) is 0.500. The molecule has 0 aliphatic rings. The number of aromatic nitrogens is 2. The Morgan fingerprint density at radius 3 is 2.92 bits per heavy atom. The Morgan fingerprint density at radius 1 is 1.54 bits per heavy atom. The molecular formula is C10H16N2O. The molecule has 0 saturated carbocycles. The van der Waals surface area contributed by atoms with Gasteiger partial charge in [-0.1, -0.05) is 26.3 Å². The second kappa shape index (κ2) is 4.70. The highest BCUT2D eigenvalue weighted by atomic mass is 16.1. The van der Waals surface area contributed by atoms with E-state index in [-0.39, 0.29) is 5.56 Å². The standard InChI is InChI=1S/C10H16N2O/c1-3-5-6-8-12-10(13)7-9-11(12)4-2/h4,7,9H,2-3,5-6,8H2,1H3. The number of unbranched alkanes of at least 4 members (excludes halogenated alkanes) is 2. The van der Waals surface area contributed by atoms with Gasteiger partial charge in [-0.3, -0.25) is 9.48 Å². The molecule has 72 valence electrons. The van der Waals surface area contributed by atoms with Gasteiger partial charge in [0, 0.05) is 25.0 Å². The second-order valence-corrected chi connectivity index (χ2v) is 3.05. The fourth-order valence-corrected chi connectivity index (χ4v) is 1.32. The number of hydrogen-bond acceptors (Lipinski definition) is 1. The lowest BCUT2D eigenvalue weighted by Gasteiger charge is -2.06. The molecule has 0 amide bonds. The van der Waals surface area contributed by atoms with Crippen molar-refractivity contribution >= 4 is 6.20 Å².